The molecule has 0 aromatic carbocycles. The smallest absolute Gasteiger partial charge is 0.223 e. The molecule has 1 unspecified atom stereocenters. The van der Waals surface area contributed by atoms with E-state index in [4.69, 9.17) is 0 Å². The van der Waals surface area contributed by atoms with Crippen molar-refractivity contribution in [3.05, 3.63) is 21.7 Å². The zero-order chi connectivity index (χ0) is 30.0. The summed E-state index contributed by atoms with van der Waals surface area (Å²) in [7, 11) is -3.45. The lowest BCUT2D eigenvalue weighted by Gasteiger charge is -2.34. The summed E-state index contributed by atoms with van der Waals surface area (Å²) in [5.41, 5.74) is 0.380. The van der Waals surface area contributed by atoms with E-state index < -0.39 is 45.5 Å². The number of hydrogen-bond donors (Lipinski definition) is 3. The predicted octanol–water partition coefficient (Wildman–Crippen LogP) is 3.69. The maximum atomic E-state index is 13.3. The Labute approximate surface area is 243 Å². The molecule has 11 heteroatoms. The summed E-state index contributed by atoms with van der Waals surface area (Å²) < 4.78 is 27.9. The number of thiazole rings is 1. The van der Waals surface area contributed by atoms with Crippen molar-refractivity contribution >= 4 is 39.1 Å². The molecule has 8 atom stereocenters. The molecule has 2 aliphatic rings. The number of aliphatic hydroxyl groups excluding tert-OH is 2. The highest BCUT2D eigenvalue weighted by atomic mass is 32.2. The van der Waals surface area contributed by atoms with E-state index in [-0.39, 0.29) is 36.0 Å². The maximum Gasteiger partial charge on any atom is 0.223 e. The van der Waals surface area contributed by atoms with Crippen molar-refractivity contribution in [2.45, 2.75) is 117 Å². The fourth-order valence-electron chi connectivity index (χ4n) is 5.95. The van der Waals surface area contributed by atoms with Crippen LogP contribution in [0, 0.1) is 24.2 Å². The molecule has 0 saturated carbocycles. The lowest BCUT2D eigenvalue weighted by atomic mass is 9.73. The maximum absolute atomic E-state index is 13.3. The number of Topliss-reactive ketones (excluding diaryl/α,β-unsaturated/α-hetero) is 1. The van der Waals surface area contributed by atoms with Crippen LogP contribution in [0.25, 0.3) is 6.08 Å². The Kier molecular flexibility index (Phi) is 10.8. The van der Waals surface area contributed by atoms with Crippen molar-refractivity contribution in [1.82, 2.24) is 14.6 Å². The number of hydrogen-bond acceptors (Lipinski definition) is 8. The molecule has 0 spiro atoms. The normalized spacial score (nSPS) is 34.7. The minimum Gasteiger partial charge on any atom is -0.392 e. The Morgan fingerprint density at radius 2 is 1.90 bits per heavy atom. The van der Waals surface area contributed by atoms with Gasteiger partial charge in [0.25, 0.3) is 0 Å². The number of amides is 1. The SMILES string of the molecule is CCCS(=O)(=O)N1[C@@H]2CCC[C@H](C)[C@H](O)[C@@H](C)C(=O)C(C)(C)[C@@H](O)CC(=O)N[C@H](/C(C)=C/c3csc(C)n3)C[C@@H]21. The molecule has 1 aromatic rings. The van der Waals surface area contributed by atoms with E-state index in [9.17, 15) is 28.2 Å². The second-order valence-corrected chi connectivity index (χ2v) is 15.4. The van der Waals surface area contributed by atoms with Crippen LogP contribution in [-0.2, 0) is 19.6 Å². The second-order valence-electron chi connectivity index (χ2n) is 12.3. The van der Waals surface area contributed by atoms with E-state index in [1.165, 1.54) is 11.3 Å². The molecule has 40 heavy (non-hydrogen) atoms. The molecular formula is C29H47N3O6S2. The lowest BCUT2D eigenvalue weighted by Crippen LogP contribution is -2.47. The summed E-state index contributed by atoms with van der Waals surface area (Å²) >= 11 is 1.53. The van der Waals surface area contributed by atoms with Gasteiger partial charge >= 0.3 is 0 Å². The number of rotatable bonds is 5. The Balaban J connectivity index is 1.96. The van der Waals surface area contributed by atoms with Crippen molar-refractivity contribution in [3.63, 3.8) is 0 Å². The minimum absolute atomic E-state index is 0.0694. The summed E-state index contributed by atoms with van der Waals surface area (Å²) in [6, 6.07) is -0.897. The van der Waals surface area contributed by atoms with E-state index in [1.54, 1.807) is 25.1 Å². The molecule has 2 aliphatic heterocycles. The monoisotopic (exact) mass is 597 g/mol. The van der Waals surface area contributed by atoms with Gasteiger partial charge in [0, 0.05) is 23.4 Å². The average Bonchev–Trinajstić information content (AvgIpc) is 3.41. The Bertz CT molecular complexity index is 1190. The number of nitrogens with zero attached hydrogens (tertiary/aromatic N) is 2. The molecule has 3 heterocycles. The molecule has 2 fully saturated rings. The van der Waals surface area contributed by atoms with E-state index in [2.05, 4.69) is 10.3 Å². The highest BCUT2D eigenvalue weighted by Crippen LogP contribution is 2.41. The zero-order valence-corrected chi connectivity index (χ0v) is 26.5. The van der Waals surface area contributed by atoms with Gasteiger partial charge in [0.05, 0.1) is 46.5 Å². The van der Waals surface area contributed by atoms with E-state index in [0.717, 1.165) is 16.3 Å². The van der Waals surface area contributed by atoms with Crippen LogP contribution in [0.4, 0.5) is 0 Å². The molecule has 0 aliphatic carbocycles. The molecule has 2 saturated heterocycles. The number of carbonyl (C=O) groups excluding carboxylic acids is 2. The topological polar surface area (TPSA) is 137 Å². The Morgan fingerprint density at radius 1 is 1.23 bits per heavy atom. The molecule has 0 bridgehead atoms. The molecule has 9 nitrogen and oxygen atoms in total. The first-order chi connectivity index (χ1) is 18.6. The van der Waals surface area contributed by atoms with Gasteiger partial charge in [0.15, 0.2) is 0 Å². The van der Waals surface area contributed by atoms with Gasteiger partial charge < -0.3 is 15.5 Å². The van der Waals surface area contributed by atoms with Gasteiger partial charge in [0.1, 0.15) is 5.78 Å². The van der Waals surface area contributed by atoms with Gasteiger partial charge in [-0.25, -0.2) is 13.4 Å². The van der Waals surface area contributed by atoms with Gasteiger partial charge in [-0.15, -0.1) is 11.3 Å². The van der Waals surface area contributed by atoms with Crippen molar-refractivity contribution in [3.8, 4) is 0 Å². The fraction of sp³-hybridized carbons (Fsp3) is 0.759. The second kappa shape index (κ2) is 13.1. The minimum atomic E-state index is -3.45. The predicted molar refractivity (Wildman–Crippen MR) is 158 cm³/mol. The summed E-state index contributed by atoms with van der Waals surface area (Å²) in [5.74, 6) is -1.54. The first-order valence-corrected chi connectivity index (χ1v) is 16.9. The highest BCUT2D eigenvalue weighted by Gasteiger charge is 2.54. The zero-order valence-electron chi connectivity index (χ0n) is 24.9. The van der Waals surface area contributed by atoms with E-state index >= 15 is 0 Å². The number of aliphatic hydroxyl groups is 2. The average molecular weight is 598 g/mol. The van der Waals surface area contributed by atoms with E-state index in [0.29, 0.717) is 32.1 Å². The third-order valence-corrected chi connectivity index (χ3v) is 11.6. The summed E-state index contributed by atoms with van der Waals surface area (Å²) in [6.45, 7) is 12.5. The number of ketones is 1. The van der Waals surface area contributed by atoms with Crippen LogP contribution in [0.3, 0.4) is 0 Å². The number of carbonyl (C=O) groups is 2. The fourth-order valence-corrected chi connectivity index (χ4v) is 8.49. The van der Waals surface area contributed by atoms with Gasteiger partial charge in [-0.2, -0.15) is 4.31 Å². The van der Waals surface area contributed by atoms with Crippen molar-refractivity contribution in [1.29, 1.82) is 0 Å². The van der Waals surface area contributed by atoms with Gasteiger partial charge in [-0.05, 0) is 57.1 Å². The summed E-state index contributed by atoms with van der Waals surface area (Å²) in [6.07, 6.45) is 2.38. The number of sulfonamides is 1. The number of aromatic nitrogens is 1. The molecular weight excluding hydrogens is 550 g/mol. The van der Waals surface area contributed by atoms with Crippen molar-refractivity contribution in [2.24, 2.45) is 17.3 Å². The van der Waals surface area contributed by atoms with Crippen molar-refractivity contribution < 1.29 is 28.2 Å². The van der Waals surface area contributed by atoms with Crippen LogP contribution in [0.15, 0.2) is 11.0 Å². The molecule has 1 amide bonds. The largest absolute Gasteiger partial charge is 0.392 e. The Morgan fingerprint density at radius 3 is 2.50 bits per heavy atom. The van der Waals surface area contributed by atoms with Crippen LogP contribution < -0.4 is 5.32 Å². The summed E-state index contributed by atoms with van der Waals surface area (Å²) in [5, 5.41) is 27.8. The first-order valence-electron chi connectivity index (χ1n) is 14.4. The molecule has 226 valence electrons. The third kappa shape index (κ3) is 7.59. The summed E-state index contributed by atoms with van der Waals surface area (Å²) in [4.78, 5) is 31.1. The van der Waals surface area contributed by atoms with Gasteiger partial charge in [-0.1, -0.05) is 41.0 Å². The number of nitrogens with one attached hydrogen (secondary N) is 1. The first kappa shape index (κ1) is 32.8. The third-order valence-electron chi connectivity index (χ3n) is 8.68. The molecule has 1 aromatic heterocycles. The van der Waals surface area contributed by atoms with Crippen LogP contribution in [0.2, 0.25) is 0 Å². The number of aryl methyl sites for hydroxylation is 1. The molecule has 3 N–H and O–H groups in total. The van der Waals surface area contributed by atoms with Gasteiger partial charge in [0.2, 0.25) is 15.9 Å². The highest BCUT2D eigenvalue weighted by molar-refractivity contribution is 7.89. The quantitative estimate of drug-likeness (QED) is 0.441. The van der Waals surface area contributed by atoms with Gasteiger partial charge in [-0.3, -0.25) is 9.59 Å². The van der Waals surface area contributed by atoms with E-state index in [1.807, 2.05) is 39.2 Å². The van der Waals surface area contributed by atoms with Crippen LogP contribution in [0.1, 0.15) is 90.8 Å². The van der Waals surface area contributed by atoms with Crippen molar-refractivity contribution in [2.75, 3.05) is 5.75 Å². The lowest BCUT2D eigenvalue weighted by molar-refractivity contribution is -0.143. The van der Waals surface area contributed by atoms with Crippen LogP contribution >= 0.6 is 11.3 Å². The van der Waals surface area contributed by atoms with Crippen LogP contribution in [0.5, 0.6) is 0 Å². The molecule has 3 rings (SSSR count). The van der Waals surface area contributed by atoms with Crippen LogP contribution in [-0.4, -0.2) is 75.7 Å². The standard InChI is InChI=1S/C29H47N3O6S2/c1-8-12-40(37,38)32-23-11-9-10-17(2)27(35)19(4)28(36)29(6,7)25(33)15-26(34)31-22(14-24(23)32)18(3)13-21-16-39-20(5)30-21/h13,16-17,19,22-25,27,33,35H,8-12,14-15H2,1-7H3,(H,31,34)/b18-13+/t17-,19+,22-,23+,24-,25-,27-,32?/m0/s1. The molecule has 0 radical (unpaired) electrons. The Hall–Kier alpha value is -1.66. The number of fused-ring (bicyclic) bond motifs is 1.